The molecule has 1 rings (SSSR count). The van der Waals surface area contributed by atoms with Gasteiger partial charge in [0.25, 0.3) is 0 Å². The lowest BCUT2D eigenvalue weighted by atomic mass is 10.0. The average molecular weight is 301 g/mol. The molecule has 1 unspecified atom stereocenters. The van der Waals surface area contributed by atoms with E-state index in [1.807, 2.05) is 13.8 Å². The van der Waals surface area contributed by atoms with Gasteiger partial charge in [0, 0.05) is 6.20 Å². The minimum Gasteiger partial charge on any atom is -0.467 e. The number of hydrogen-bond donors (Lipinski definition) is 2. The van der Waals surface area contributed by atoms with Crippen molar-refractivity contribution in [2.45, 2.75) is 31.2 Å². The number of carbonyl (C=O) groups excluding carboxylic acids is 1. The zero-order chi connectivity index (χ0) is 15.3. The van der Waals surface area contributed by atoms with Crippen LogP contribution in [0, 0.1) is 5.92 Å². The van der Waals surface area contributed by atoms with Crippen molar-refractivity contribution in [3.8, 4) is 0 Å². The molecule has 1 aromatic heterocycles. The van der Waals surface area contributed by atoms with Crippen molar-refractivity contribution in [1.82, 2.24) is 4.98 Å². The third-order valence-electron chi connectivity index (χ3n) is 2.58. The summed E-state index contributed by atoms with van der Waals surface area (Å²) in [5.74, 6) is 0.278. The Morgan fingerprint density at radius 3 is 2.50 bits per heavy atom. The molecule has 0 fully saturated rings. The molecular weight excluding hydrogens is 282 g/mol. The van der Waals surface area contributed by atoms with Gasteiger partial charge in [0.1, 0.15) is 16.8 Å². The second-order valence-electron chi connectivity index (χ2n) is 4.77. The zero-order valence-electron chi connectivity index (χ0n) is 11.7. The fraction of sp³-hybridized carbons (Fsp3) is 0.500. The Kier molecular flexibility index (Phi) is 5.46. The van der Waals surface area contributed by atoms with Gasteiger partial charge in [-0.25, -0.2) is 23.3 Å². The summed E-state index contributed by atoms with van der Waals surface area (Å²) in [6, 6.07) is 2.25. The highest BCUT2D eigenvalue weighted by Gasteiger charge is 2.20. The Balaban J connectivity index is 2.86. The second kappa shape index (κ2) is 6.67. The van der Waals surface area contributed by atoms with Crippen molar-refractivity contribution < 1.29 is 17.9 Å². The lowest BCUT2D eigenvalue weighted by molar-refractivity contribution is -0.141. The summed E-state index contributed by atoms with van der Waals surface area (Å²) >= 11 is 0. The fourth-order valence-corrected chi connectivity index (χ4v) is 2.10. The van der Waals surface area contributed by atoms with E-state index < -0.39 is 22.0 Å². The molecule has 0 amide bonds. The minimum atomic E-state index is -3.77. The maximum Gasteiger partial charge on any atom is 0.328 e. The second-order valence-corrected chi connectivity index (χ2v) is 6.34. The molecule has 0 radical (unpaired) electrons. The third-order valence-corrected chi connectivity index (χ3v) is 3.48. The maximum absolute atomic E-state index is 11.6. The zero-order valence-corrected chi connectivity index (χ0v) is 12.5. The van der Waals surface area contributed by atoms with Gasteiger partial charge in [-0.05, 0) is 24.5 Å². The first-order chi connectivity index (χ1) is 9.24. The predicted molar refractivity (Wildman–Crippen MR) is 74.5 cm³/mol. The third kappa shape index (κ3) is 4.78. The van der Waals surface area contributed by atoms with Crippen molar-refractivity contribution in [2.75, 3.05) is 12.4 Å². The molecule has 8 heteroatoms. The molecule has 0 aromatic carbocycles. The number of nitrogens with one attached hydrogen (secondary N) is 1. The number of rotatable bonds is 6. The number of nitrogens with zero attached hydrogens (tertiary/aromatic N) is 1. The average Bonchev–Trinajstić information content (AvgIpc) is 2.36. The normalized spacial score (nSPS) is 13.1. The first-order valence-corrected chi connectivity index (χ1v) is 7.62. The van der Waals surface area contributed by atoms with Crippen molar-refractivity contribution in [3.63, 3.8) is 0 Å². The van der Waals surface area contributed by atoms with Crippen LogP contribution in [0.15, 0.2) is 23.2 Å². The number of nitrogens with two attached hydrogens (primary N) is 1. The van der Waals surface area contributed by atoms with Crippen molar-refractivity contribution >= 4 is 21.8 Å². The van der Waals surface area contributed by atoms with E-state index in [-0.39, 0.29) is 10.8 Å². The van der Waals surface area contributed by atoms with Crippen LogP contribution in [0.4, 0.5) is 5.82 Å². The van der Waals surface area contributed by atoms with E-state index in [9.17, 15) is 13.2 Å². The number of hydrogen-bond acceptors (Lipinski definition) is 6. The van der Waals surface area contributed by atoms with Gasteiger partial charge >= 0.3 is 5.97 Å². The molecular formula is C12H19N3O4S. The largest absolute Gasteiger partial charge is 0.467 e. The van der Waals surface area contributed by atoms with Crippen molar-refractivity contribution in [3.05, 3.63) is 18.3 Å². The number of sulfonamides is 1. The molecule has 7 nitrogen and oxygen atoms in total. The molecule has 3 N–H and O–H groups in total. The van der Waals surface area contributed by atoms with Crippen LogP contribution in [0.25, 0.3) is 0 Å². The minimum absolute atomic E-state index is 0.0819. The summed E-state index contributed by atoms with van der Waals surface area (Å²) in [6.07, 6.45) is 1.71. The fourth-order valence-electron chi connectivity index (χ4n) is 1.64. The van der Waals surface area contributed by atoms with Gasteiger partial charge in [-0.2, -0.15) is 0 Å². The van der Waals surface area contributed by atoms with Crippen LogP contribution < -0.4 is 10.5 Å². The van der Waals surface area contributed by atoms with E-state index >= 15 is 0 Å². The number of methoxy groups -OCH3 is 1. The Bertz CT molecular complexity index is 555. The summed E-state index contributed by atoms with van der Waals surface area (Å²) in [6.45, 7) is 3.96. The van der Waals surface area contributed by atoms with Gasteiger partial charge in [0.05, 0.1) is 7.11 Å². The van der Waals surface area contributed by atoms with Crippen LogP contribution in [0.5, 0.6) is 0 Å². The molecule has 1 aromatic rings. The van der Waals surface area contributed by atoms with Gasteiger partial charge in [-0.15, -0.1) is 0 Å². The summed E-state index contributed by atoms with van der Waals surface area (Å²) < 4.78 is 26.9. The number of primary sulfonamides is 1. The van der Waals surface area contributed by atoms with Gasteiger partial charge in [-0.3, -0.25) is 0 Å². The molecule has 112 valence electrons. The molecule has 0 saturated heterocycles. The Morgan fingerprint density at radius 1 is 1.45 bits per heavy atom. The topological polar surface area (TPSA) is 111 Å². The Morgan fingerprint density at radius 2 is 2.10 bits per heavy atom. The summed E-state index contributed by atoms with van der Waals surface area (Å²) in [5, 5.41) is 7.90. The highest BCUT2D eigenvalue weighted by molar-refractivity contribution is 7.89. The monoisotopic (exact) mass is 301 g/mol. The van der Waals surface area contributed by atoms with Gasteiger partial charge in [0.15, 0.2) is 0 Å². The van der Waals surface area contributed by atoms with Crippen LogP contribution in [0.1, 0.15) is 20.3 Å². The Labute approximate surface area is 118 Å². The van der Waals surface area contributed by atoms with Crippen LogP contribution in [-0.4, -0.2) is 32.5 Å². The van der Waals surface area contributed by atoms with Gasteiger partial charge < -0.3 is 10.1 Å². The number of ether oxygens (including phenoxy) is 1. The maximum atomic E-state index is 11.6. The van der Waals surface area contributed by atoms with E-state index in [0.717, 1.165) is 6.20 Å². The molecule has 20 heavy (non-hydrogen) atoms. The van der Waals surface area contributed by atoms with Crippen molar-refractivity contribution in [2.24, 2.45) is 11.1 Å². The van der Waals surface area contributed by atoms with Crippen LogP contribution in [0.2, 0.25) is 0 Å². The number of esters is 1. The first kappa shape index (κ1) is 16.4. The molecule has 1 atom stereocenters. The SMILES string of the molecule is COC(=O)C(CC(C)C)Nc1ccc(S(N)(=O)=O)cn1. The lowest BCUT2D eigenvalue weighted by Gasteiger charge is -2.18. The number of anilines is 1. The molecule has 0 saturated carbocycles. The number of aromatic nitrogens is 1. The molecule has 0 aliphatic carbocycles. The summed E-state index contributed by atoms with van der Waals surface area (Å²) in [7, 11) is -2.46. The molecule has 0 bridgehead atoms. The number of pyridine rings is 1. The first-order valence-electron chi connectivity index (χ1n) is 6.07. The molecule has 0 aliphatic rings. The van der Waals surface area contributed by atoms with Gasteiger partial charge in [-0.1, -0.05) is 13.8 Å². The Hall–Kier alpha value is -1.67. The van der Waals surface area contributed by atoms with E-state index in [4.69, 9.17) is 9.88 Å². The smallest absolute Gasteiger partial charge is 0.328 e. The summed E-state index contributed by atoms with van der Waals surface area (Å²) in [5.41, 5.74) is 0. The van der Waals surface area contributed by atoms with Crippen LogP contribution >= 0.6 is 0 Å². The van der Waals surface area contributed by atoms with Crippen molar-refractivity contribution in [1.29, 1.82) is 0 Å². The van der Waals surface area contributed by atoms with E-state index in [1.165, 1.54) is 19.2 Å². The van der Waals surface area contributed by atoms with Gasteiger partial charge in [0.2, 0.25) is 10.0 Å². The highest BCUT2D eigenvalue weighted by Crippen LogP contribution is 2.14. The summed E-state index contributed by atoms with van der Waals surface area (Å²) in [4.78, 5) is 15.5. The molecule has 0 aliphatic heterocycles. The van der Waals surface area contributed by atoms with E-state index in [1.54, 1.807) is 0 Å². The standard InChI is InChI=1S/C12H19N3O4S/c1-8(2)6-10(12(16)19-3)15-11-5-4-9(7-14-11)20(13,17)18/h4-5,7-8,10H,6H2,1-3H3,(H,14,15)(H2,13,17,18). The van der Waals surface area contributed by atoms with E-state index in [2.05, 4.69) is 10.3 Å². The lowest BCUT2D eigenvalue weighted by Crippen LogP contribution is -2.32. The molecule has 1 heterocycles. The quantitative estimate of drug-likeness (QED) is 0.749. The molecule has 0 spiro atoms. The van der Waals surface area contributed by atoms with E-state index in [0.29, 0.717) is 12.2 Å². The highest BCUT2D eigenvalue weighted by atomic mass is 32.2. The van der Waals surface area contributed by atoms with Crippen LogP contribution in [0.3, 0.4) is 0 Å². The van der Waals surface area contributed by atoms with Crippen LogP contribution in [-0.2, 0) is 19.6 Å². The number of carbonyl (C=O) groups is 1. The predicted octanol–water partition coefficient (Wildman–Crippen LogP) is 0.729.